The average Bonchev–Trinajstić information content (AvgIpc) is 3.00. The number of pyridine rings is 1. The molecule has 0 radical (unpaired) electrons. The molecule has 0 aliphatic heterocycles. The second kappa shape index (κ2) is 7.05. The second-order valence-electron chi connectivity index (χ2n) is 4.61. The van der Waals surface area contributed by atoms with E-state index in [0.29, 0.717) is 5.56 Å². The van der Waals surface area contributed by atoms with Crippen molar-refractivity contribution in [3.05, 3.63) is 46.3 Å². The highest BCUT2D eigenvalue weighted by Gasteiger charge is 2.11. The Morgan fingerprint density at radius 2 is 2.25 bits per heavy atom. The Hall–Kier alpha value is -1.88. The second-order valence-corrected chi connectivity index (χ2v) is 5.39. The fourth-order valence-electron chi connectivity index (χ4n) is 1.77. The number of carbonyl (C=O) groups is 1. The zero-order chi connectivity index (χ0) is 14.4. The minimum absolute atomic E-state index is 0.00615. The van der Waals surface area contributed by atoms with Gasteiger partial charge in [0.15, 0.2) is 0 Å². The lowest BCUT2D eigenvalue weighted by atomic mass is 10.1. The molecule has 4 nitrogen and oxygen atoms in total. The smallest absolute Gasteiger partial charge is 0.253 e. The zero-order valence-electron chi connectivity index (χ0n) is 11.7. The first kappa shape index (κ1) is 14.5. The van der Waals surface area contributed by atoms with Crippen molar-refractivity contribution in [1.29, 1.82) is 0 Å². The van der Waals surface area contributed by atoms with E-state index in [4.69, 9.17) is 0 Å². The summed E-state index contributed by atoms with van der Waals surface area (Å²) in [5, 5.41) is 10.2. The van der Waals surface area contributed by atoms with Crippen LogP contribution in [0.3, 0.4) is 0 Å². The molecule has 0 saturated carbocycles. The highest BCUT2D eigenvalue weighted by molar-refractivity contribution is 7.07. The number of thiophene rings is 1. The lowest BCUT2D eigenvalue weighted by Crippen LogP contribution is -2.26. The Labute approximate surface area is 123 Å². The van der Waals surface area contributed by atoms with Crippen LogP contribution in [-0.4, -0.2) is 17.4 Å². The first-order chi connectivity index (χ1) is 9.70. The van der Waals surface area contributed by atoms with Crippen molar-refractivity contribution in [3.8, 4) is 0 Å². The van der Waals surface area contributed by atoms with E-state index in [1.54, 1.807) is 23.6 Å². The lowest BCUT2D eigenvalue weighted by molar-refractivity contribution is 0.0939. The number of hydrogen-bond acceptors (Lipinski definition) is 4. The Morgan fingerprint density at radius 1 is 1.40 bits per heavy atom. The molecule has 2 aromatic rings. The Morgan fingerprint density at radius 3 is 2.85 bits per heavy atom. The summed E-state index contributed by atoms with van der Waals surface area (Å²) in [4.78, 5) is 16.3. The van der Waals surface area contributed by atoms with Gasteiger partial charge < -0.3 is 10.6 Å². The fourth-order valence-corrected chi connectivity index (χ4v) is 2.52. The molecule has 1 atom stereocenters. The van der Waals surface area contributed by atoms with Crippen molar-refractivity contribution < 1.29 is 4.79 Å². The minimum Gasteiger partial charge on any atom is -0.370 e. The van der Waals surface area contributed by atoms with Crippen LogP contribution in [0.2, 0.25) is 0 Å². The van der Waals surface area contributed by atoms with Gasteiger partial charge in [-0.2, -0.15) is 11.3 Å². The molecule has 0 aromatic carbocycles. The van der Waals surface area contributed by atoms with E-state index in [1.165, 1.54) is 0 Å². The number of carbonyl (C=O) groups excluding carboxylic acids is 1. The summed E-state index contributed by atoms with van der Waals surface area (Å²) in [6.45, 7) is 4.96. The largest absolute Gasteiger partial charge is 0.370 e. The number of amides is 1. The van der Waals surface area contributed by atoms with E-state index in [1.807, 2.05) is 29.8 Å². The molecule has 0 spiro atoms. The first-order valence-corrected chi connectivity index (χ1v) is 7.68. The maximum Gasteiger partial charge on any atom is 0.253 e. The number of nitrogens with one attached hydrogen (secondary N) is 2. The van der Waals surface area contributed by atoms with Gasteiger partial charge in [-0.1, -0.05) is 6.92 Å². The van der Waals surface area contributed by atoms with Crippen molar-refractivity contribution in [3.63, 3.8) is 0 Å². The lowest BCUT2D eigenvalue weighted by Gasteiger charge is -2.12. The van der Waals surface area contributed by atoms with Gasteiger partial charge in [-0.15, -0.1) is 0 Å². The van der Waals surface area contributed by atoms with Gasteiger partial charge in [0.2, 0.25) is 0 Å². The minimum atomic E-state index is -0.0989. The van der Waals surface area contributed by atoms with E-state index in [-0.39, 0.29) is 11.9 Å². The molecule has 0 fully saturated rings. The maximum atomic E-state index is 12.1. The summed E-state index contributed by atoms with van der Waals surface area (Å²) in [6.07, 6.45) is 2.65. The molecule has 1 amide bonds. The van der Waals surface area contributed by atoms with Gasteiger partial charge in [0.05, 0.1) is 11.6 Å². The van der Waals surface area contributed by atoms with Gasteiger partial charge in [-0.05, 0) is 47.9 Å². The van der Waals surface area contributed by atoms with Gasteiger partial charge in [0.1, 0.15) is 5.82 Å². The van der Waals surface area contributed by atoms with Gasteiger partial charge in [0.25, 0.3) is 5.91 Å². The van der Waals surface area contributed by atoms with E-state index >= 15 is 0 Å². The van der Waals surface area contributed by atoms with Crippen LogP contribution in [-0.2, 0) is 0 Å². The standard InChI is InChI=1S/C15H19N3OS/c1-3-7-16-14-5-4-12(9-17-14)15(19)18-11(2)13-6-8-20-10-13/h4-6,8-11H,3,7H2,1-2H3,(H,16,17)(H,18,19). The van der Waals surface area contributed by atoms with Crippen molar-refractivity contribution in [2.45, 2.75) is 26.3 Å². The van der Waals surface area contributed by atoms with Crippen molar-refractivity contribution in [2.24, 2.45) is 0 Å². The molecule has 2 rings (SSSR count). The van der Waals surface area contributed by atoms with Crippen LogP contribution in [0, 0.1) is 0 Å². The van der Waals surface area contributed by atoms with Gasteiger partial charge >= 0.3 is 0 Å². The van der Waals surface area contributed by atoms with E-state index in [0.717, 1.165) is 24.3 Å². The Kier molecular flexibility index (Phi) is 5.12. The summed E-state index contributed by atoms with van der Waals surface area (Å²) in [5.41, 5.74) is 1.70. The van der Waals surface area contributed by atoms with Gasteiger partial charge in [0, 0.05) is 12.7 Å². The third-order valence-corrected chi connectivity index (χ3v) is 3.67. The molecular formula is C15H19N3OS. The highest BCUT2D eigenvalue weighted by atomic mass is 32.1. The number of aromatic nitrogens is 1. The van der Waals surface area contributed by atoms with Crippen LogP contribution in [0.1, 0.15) is 42.2 Å². The fraction of sp³-hybridized carbons (Fsp3) is 0.333. The van der Waals surface area contributed by atoms with Crippen LogP contribution in [0.15, 0.2) is 35.2 Å². The predicted molar refractivity (Wildman–Crippen MR) is 83.2 cm³/mol. The van der Waals surface area contributed by atoms with Crippen LogP contribution < -0.4 is 10.6 Å². The topological polar surface area (TPSA) is 54.0 Å². The molecule has 2 N–H and O–H groups in total. The number of nitrogens with zero attached hydrogens (tertiary/aromatic N) is 1. The third kappa shape index (κ3) is 3.81. The molecule has 106 valence electrons. The molecule has 5 heteroatoms. The highest BCUT2D eigenvalue weighted by Crippen LogP contribution is 2.16. The molecule has 20 heavy (non-hydrogen) atoms. The van der Waals surface area contributed by atoms with Gasteiger partial charge in [-0.3, -0.25) is 4.79 Å². The first-order valence-electron chi connectivity index (χ1n) is 6.73. The SMILES string of the molecule is CCCNc1ccc(C(=O)NC(C)c2ccsc2)cn1. The third-order valence-electron chi connectivity index (χ3n) is 2.97. The van der Waals surface area contributed by atoms with Crippen molar-refractivity contribution in [2.75, 3.05) is 11.9 Å². The quantitative estimate of drug-likeness (QED) is 0.856. The zero-order valence-corrected chi connectivity index (χ0v) is 12.5. The van der Waals surface area contributed by atoms with E-state index in [9.17, 15) is 4.79 Å². The number of hydrogen-bond donors (Lipinski definition) is 2. The number of rotatable bonds is 6. The normalized spacial score (nSPS) is 11.9. The van der Waals surface area contributed by atoms with E-state index in [2.05, 4.69) is 22.5 Å². The van der Waals surface area contributed by atoms with E-state index < -0.39 is 0 Å². The number of anilines is 1. The van der Waals surface area contributed by atoms with Gasteiger partial charge in [-0.25, -0.2) is 4.98 Å². The molecular weight excluding hydrogens is 270 g/mol. The van der Waals surface area contributed by atoms with Crippen molar-refractivity contribution >= 4 is 23.1 Å². The molecule has 2 heterocycles. The Bertz CT molecular complexity index is 537. The maximum absolute atomic E-state index is 12.1. The molecule has 0 bridgehead atoms. The van der Waals surface area contributed by atoms with Crippen molar-refractivity contribution in [1.82, 2.24) is 10.3 Å². The van der Waals surface area contributed by atoms with Crippen LogP contribution in [0.25, 0.3) is 0 Å². The van der Waals surface area contributed by atoms with Crippen LogP contribution in [0.4, 0.5) is 5.82 Å². The molecule has 0 aliphatic rings. The summed E-state index contributed by atoms with van der Waals surface area (Å²) in [7, 11) is 0. The summed E-state index contributed by atoms with van der Waals surface area (Å²) >= 11 is 1.63. The summed E-state index contributed by atoms with van der Waals surface area (Å²) < 4.78 is 0. The molecule has 0 saturated heterocycles. The molecule has 0 aliphatic carbocycles. The monoisotopic (exact) mass is 289 g/mol. The van der Waals surface area contributed by atoms with Crippen LogP contribution in [0.5, 0.6) is 0 Å². The molecule has 1 unspecified atom stereocenters. The van der Waals surface area contributed by atoms with Crippen LogP contribution >= 0.6 is 11.3 Å². The molecule has 2 aromatic heterocycles. The average molecular weight is 289 g/mol. The summed E-state index contributed by atoms with van der Waals surface area (Å²) in [5.74, 6) is 0.701. The summed E-state index contributed by atoms with van der Waals surface area (Å²) in [6, 6.07) is 5.65. The predicted octanol–water partition coefficient (Wildman–Crippen LogP) is 3.46. The Balaban J connectivity index is 1.95.